The average Bonchev–Trinajstić information content (AvgIpc) is 2.90. The third kappa shape index (κ3) is 3.09. The summed E-state index contributed by atoms with van der Waals surface area (Å²) in [6.45, 7) is 0.692. The number of carbonyl (C=O) groups excluding carboxylic acids is 1. The van der Waals surface area contributed by atoms with Crippen LogP contribution in [0.15, 0.2) is 48.8 Å². The van der Waals surface area contributed by atoms with Crippen molar-refractivity contribution in [3.8, 4) is 5.75 Å². The number of rotatable bonds is 5. The smallest absolute Gasteiger partial charge is 0.217 e. The number of hydrogen-bond donors (Lipinski definition) is 2. The summed E-state index contributed by atoms with van der Waals surface area (Å²) in [4.78, 5) is 15.3. The van der Waals surface area contributed by atoms with Gasteiger partial charge in [-0.25, -0.2) is 4.98 Å². The second kappa shape index (κ2) is 5.89. The lowest BCUT2D eigenvalue weighted by Crippen LogP contribution is -2.11. The van der Waals surface area contributed by atoms with Crippen LogP contribution in [0.25, 0.3) is 11.0 Å². The quantitative estimate of drug-likeness (QED) is 0.757. The van der Waals surface area contributed by atoms with Crippen molar-refractivity contribution in [3.63, 3.8) is 0 Å². The Balaban J connectivity index is 1.82. The lowest BCUT2D eigenvalue weighted by molar-refractivity contribution is -0.117. The number of nitrogens with two attached hydrogens (primary N) is 1. The first-order valence-corrected chi connectivity index (χ1v) is 7.12. The second-order valence-corrected chi connectivity index (χ2v) is 5.33. The Bertz CT molecular complexity index is 806. The van der Waals surface area contributed by atoms with Gasteiger partial charge >= 0.3 is 0 Å². The standard InChI is InChI=1S/C17H17N3O2/c18-17(22)8-4-12-3-7-16-15(9-12)19-11-20(16)10-13-1-5-14(21)6-2-13/h1-3,5-7,9,11,21H,4,8,10H2,(H2,18,22). The number of benzene rings is 2. The minimum atomic E-state index is -0.294. The van der Waals surface area contributed by atoms with Crippen molar-refractivity contribution in [1.29, 1.82) is 0 Å². The number of aromatic nitrogens is 2. The highest BCUT2D eigenvalue weighted by molar-refractivity contribution is 5.77. The molecule has 3 N–H and O–H groups in total. The number of aromatic hydroxyl groups is 1. The molecule has 0 aliphatic rings. The Morgan fingerprint density at radius 2 is 1.86 bits per heavy atom. The van der Waals surface area contributed by atoms with Gasteiger partial charge in [0.05, 0.1) is 17.4 Å². The molecule has 1 aromatic heterocycles. The summed E-state index contributed by atoms with van der Waals surface area (Å²) in [6.07, 6.45) is 2.78. The van der Waals surface area contributed by atoms with Gasteiger partial charge in [0.25, 0.3) is 0 Å². The molecule has 3 aromatic rings. The number of carbonyl (C=O) groups is 1. The van der Waals surface area contributed by atoms with Gasteiger partial charge in [0.1, 0.15) is 5.75 Å². The normalized spacial score (nSPS) is 10.9. The molecule has 5 nitrogen and oxygen atoms in total. The largest absolute Gasteiger partial charge is 0.508 e. The summed E-state index contributed by atoms with van der Waals surface area (Å²) in [6, 6.07) is 13.1. The van der Waals surface area contributed by atoms with Crippen LogP contribution in [0.4, 0.5) is 0 Å². The van der Waals surface area contributed by atoms with Gasteiger partial charge in [0.15, 0.2) is 0 Å². The summed E-state index contributed by atoms with van der Waals surface area (Å²) in [5, 5.41) is 9.32. The molecule has 0 unspecified atom stereocenters. The zero-order valence-corrected chi connectivity index (χ0v) is 12.1. The van der Waals surface area contributed by atoms with Gasteiger partial charge < -0.3 is 15.4 Å². The maximum atomic E-state index is 10.9. The van der Waals surface area contributed by atoms with E-state index < -0.39 is 0 Å². The van der Waals surface area contributed by atoms with Crippen molar-refractivity contribution in [3.05, 3.63) is 59.9 Å². The van der Waals surface area contributed by atoms with Crippen molar-refractivity contribution in [2.75, 3.05) is 0 Å². The lowest BCUT2D eigenvalue weighted by atomic mass is 10.1. The molecule has 3 rings (SSSR count). The van der Waals surface area contributed by atoms with E-state index in [0.29, 0.717) is 19.4 Å². The highest BCUT2D eigenvalue weighted by Gasteiger charge is 2.05. The van der Waals surface area contributed by atoms with Gasteiger partial charge in [-0.15, -0.1) is 0 Å². The molecule has 0 aliphatic heterocycles. The highest BCUT2D eigenvalue weighted by Crippen LogP contribution is 2.18. The van der Waals surface area contributed by atoms with Crippen LogP contribution in [-0.4, -0.2) is 20.6 Å². The second-order valence-electron chi connectivity index (χ2n) is 5.33. The van der Waals surface area contributed by atoms with E-state index in [-0.39, 0.29) is 11.7 Å². The van der Waals surface area contributed by atoms with Crippen LogP contribution in [-0.2, 0) is 17.8 Å². The molecule has 0 saturated heterocycles. The Kier molecular flexibility index (Phi) is 3.78. The molecule has 1 heterocycles. The van der Waals surface area contributed by atoms with Crippen LogP contribution in [0.1, 0.15) is 17.5 Å². The van der Waals surface area contributed by atoms with E-state index >= 15 is 0 Å². The minimum Gasteiger partial charge on any atom is -0.508 e. The van der Waals surface area contributed by atoms with Crippen LogP contribution < -0.4 is 5.73 Å². The Morgan fingerprint density at radius 3 is 2.59 bits per heavy atom. The zero-order chi connectivity index (χ0) is 15.5. The number of fused-ring (bicyclic) bond motifs is 1. The van der Waals surface area contributed by atoms with E-state index in [2.05, 4.69) is 9.55 Å². The maximum absolute atomic E-state index is 10.9. The van der Waals surface area contributed by atoms with Crippen molar-refractivity contribution >= 4 is 16.9 Å². The third-order valence-electron chi connectivity index (χ3n) is 3.63. The molecule has 112 valence electrons. The minimum absolute atomic E-state index is 0.262. The summed E-state index contributed by atoms with van der Waals surface area (Å²) in [5.41, 5.74) is 9.27. The van der Waals surface area contributed by atoms with E-state index in [4.69, 9.17) is 5.73 Å². The molecule has 0 aliphatic carbocycles. The van der Waals surface area contributed by atoms with E-state index in [1.165, 1.54) is 0 Å². The summed E-state index contributed by atoms with van der Waals surface area (Å²) in [5.74, 6) is -0.0312. The lowest BCUT2D eigenvalue weighted by Gasteiger charge is -2.05. The van der Waals surface area contributed by atoms with Gasteiger partial charge in [0, 0.05) is 13.0 Å². The molecule has 0 spiro atoms. The van der Waals surface area contributed by atoms with Crippen LogP contribution in [0.3, 0.4) is 0 Å². The summed E-state index contributed by atoms with van der Waals surface area (Å²) >= 11 is 0. The molecular formula is C17H17N3O2. The molecule has 0 radical (unpaired) electrons. The number of primary amides is 1. The van der Waals surface area contributed by atoms with Crippen molar-refractivity contribution < 1.29 is 9.90 Å². The van der Waals surface area contributed by atoms with Crippen LogP contribution >= 0.6 is 0 Å². The van der Waals surface area contributed by atoms with Gasteiger partial charge in [0.2, 0.25) is 5.91 Å². The molecule has 5 heteroatoms. The number of hydrogen-bond acceptors (Lipinski definition) is 3. The van der Waals surface area contributed by atoms with Crippen molar-refractivity contribution in [2.45, 2.75) is 19.4 Å². The maximum Gasteiger partial charge on any atom is 0.217 e. The Labute approximate surface area is 128 Å². The molecule has 22 heavy (non-hydrogen) atoms. The number of phenols is 1. The topological polar surface area (TPSA) is 81.1 Å². The molecule has 0 fully saturated rings. The van der Waals surface area contributed by atoms with Gasteiger partial charge in [-0.05, 0) is 41.8 Å². The summed E-state index contributed by atoms with van der Waals surface area (Å²) < 4.78 is 2.06. The Morgan fingerprint density at radius 1 is 1.14 bits per heavy atom. The fraction of sp³-hybridized carbons (Fsp3) is 0.176. The predicted molar refractivity (Wildman–Crippen MR) is 84.5 cm³/mol. The van der Waals surface area contributed by atoms with E-state index in [9.17, 15) is 9.90 Å². The number of aryl methyl sites for hydroxylation is 1. The molecule has 0 bridgehead atoms. The SMILES string of the molecule is NC(=O)CCc1ccc2c(c1)ncn2Cc1ccc(O)cc1. The predicted octanol–water partition coefficient (Wildman–Crippen LogP) is 2.21. The number of imidazole rings is 1. The van der Waals surface area contributed by atoms with Crippen molar-refractivity contribution in [1.82, 2.24) is 9.55 Å². The molecular weight excluding hydrogens is 278 g/mol. The first-order valence-electron chi connectivity index (χ1n) is 7.12. The first kappa shape index (κ1) is 14.1. The van der Waals surface area contributed by atoms with Crippen LogP contribution in [0.2, 0.25) is 0 Å². The number of phenolic OH excluding ortho intramolecular Hbond substituents is 1. The van der Waals surface area contributed by atoms with Gasteiger partial charge in [-0.3, -0.25) is 4.79 Å². The monoisotopic (exact) mass is 295 g/mol. The third-order valence-corrected chi connectivity index (χ3v) is 3.63. The molecule has 2 aromatic carbocycles. The number of nitrogens with zero attached hydrogens (tertiary/aromatic N) is 2. The van der Waals surface area contributed by atoms with Crippen LogP contribution in [0.5, 0.6) is 5.75 Å². The Hall–Kier alpha value is -2.82. The zero-order valence-electron chi connectivity index (χ0n) is 12.1. The van der Waals surface area contributed by atoms with E-state index in [0.717, 1.165) is 22.2 Å². The first-order chi connectivity index (χ1) is 10.6. The molecule has 0 atom stereocenters. The van der Waals surface area contributed by atoms with E-state index in [1.807, 2.05) is 30.3 Å². The molecule has 1 amide bonds. The fourth-order valence-corrected chi connectivity index (χ4v) is 2.46. The van der Waals surface area contributed by atoms with Gasteiger partial charge in [-0.1, -0.05) is 18.2 Å². The van der Waals surface area contributed by atoms with Gasteiger partial charge in [-0.2, -0.15) is 0 Å². The average molecular weight is 295 g/mol. The highest BCUT2D eigenvalue weighted by atomic mass is 16.3. The number of amides is 1. The molecule has 0 saturated carbocycles. The summed E-state index contributed by atoms with van der Waals surface area (Å²) in [7, 11) is 0. The fourth-order valence-electron chi connectivity index (χ4n) is 2.46. The van der Waals surface area contributed by atoms with E-state index in [1.54, 1.807) is 18.5 Å². The van der Waals surface area contributed by atoms with Crippen LogP contribution in [0, 0.1) is 0 Å². The van der Waals surface area contributed by atoms with Crippen molar-refractivity contribution in [2.24, 2.45) is 5.73 Å².